The van der Waals surface area contributed by atoms with Crippen molar-refractivity contribution in [1.82, 2.24) is 0 Å². The van der Waals surface area contributed by atoms with Gasteiger partial charge in [-0.05, 0) is 73.9 Å². The summed E-state index contributed by atoms with van der Waals surface area (Å²) in [6.45, 7) is 6.69. The zero-order chi connectivity index (χ0) is 22.1. The minimum atomic E-state index is 0.888. The Bertz CT molecular complexity index is 914. The van der Waals surface area contributed by atoms with Crippen LogP contribution in [0.2, 0.25) is 0 Å². The Morgan fingerprint density at radius 3 is 1.65 bits per heavy atom. The Balaban J connectivity index is 1.85. The highest BCUT2D eigenvalue weighted by atomic mass is 15.2. The van der Waals surface area contributed by atoms with Gasteiger partial charge in [0.25, 0.3) is 0 Å². The molecule has 0 spiro atoms. The van der Waals surface area contributed by atoms with E-state index in [9.17, 15) is 5.53 Å². The lowest BCUT2D eigenvalue weighted by molar-refractivity contribution is -0.344. The van der Waals surface area contributed by atoms with E-state index < -0.39 is 0 Å². The summed E-state index contributed by atoms with van der Waals surface area (Å²) in [6.07, 6.45) is 13.9. The van der Waals surface area contributed by atoms with Gasteiger partial charge in [0.2, 0.25) is 11.4 Å². The molecule has 31 heavy (non-hydrogen) atoms. The van der Waals surface area contributed by atoms with E-state index in [0.29, 0.717) is 0 Å². The maximum absolute atomic E-state index is 11.2. The van der Waals surface area contributed by atoms with Crippen LogP contribution in [0.5, 0.6) is 0 Å². The van der Waals surface area contributed by atoms with Crippen molar-refractivity contribution in [3.8, 4) is 0 Å². The topological polar surface area (TPSA) is 25.3 Å². The summed E-state index contributed by atoms with van der Waals surface area (Å²) >= 11 is 0. The Morgan fingerprint density at radius 2 is 1.13 bits per heavy atom. The minimum absolute atomic E-state index is 0.888. The second-order valence-corrected chi connectivity index (χ2v) is 8.77. The molecule has 1 aliphatic heterocycles. The number of hydrogen-bond acceptors (Lipinski definition) is 0. The number of rotatable bonds is 12. The Labute approximate surface area is 189 Å². The fourth-order valence-corrected chi connectivity index (χ4v) is 4.25. The third-order valence-electron chi connectivity index (χ3n) is 6.22. The molecule has 0 bridgehead atoms. The summed E-state index contributed by atoms with van der Waals surface area (Å²) in [4.78, 5) is 0. The molecule has 0 N–H and O–H groups in total. The van der Waals surface area contributed by atoms with Gasteiger partial charge in [0.1, 0.15) is 0 Å². The molecule has 0 aromatic heterocycles. The van der Waals surface area contributed by atoms with E-state index in [1.165, 1.54) is 59.9 Å². The second-order valence-electron chi connectivity index (χ2n) is 8.77. The largest absolute Gasteiger partial charge is 0.493 e. The summed E-state index contributed by atoms with van der Waals surface area (Å²) in [5.74, 6) is 0. The monoisotopic (exact) mass is 414 g/mol. The van der Waals surface area contributed by atoms with Gasteiger partial charge in [-0.2, -0.15) is 0 Å². The molecule has 164 valence electrons. The van der Waals surface area contributed by atoms with Crippen molar-refractivity contribution in [1.29, 1.82) is 0 Å². The van der Waals surface area contributed by atoms with Crippen LogP contribution in [0.25, 0.3) is 16.9 Å². The van der Waals surface area contributed by atoms with Gasteiger partial charge < -0.3 is 5.53 Å². The van der Waals surface area contributed by atoms with Crippen LogP contribution in [-0.4, -0.2) is 4.70 Å². The molecule has 1 heterocycles. The first-order valence-electron chi connectivity index (χ1n) is 12.3. The van der Waals surface area contributed by atoms with E-state index in [1.54, 1.807) is 0 Å². The summed E-state index contributed by atoms with van der Waals surface area (Å²) in [7, 11) is 0. The van der Waals surface area contributed by atoms with Crippen LogP contribution in [0.1, 0.15) is 94.4 Å². The molecule has 2 aromatic rings. The summed E-state index contributed by atoms with van der Waals surface area (Å²) < 4.78 is 1.42. The molecule has 0 fully saturated rings. The van der Waals surface area contributed by atoms with E-state index >= 15 is 0 Å². The SMILES string of the molecule is CCCCCC1=C(c2ccc(CCCC)cc2)[N+](=[N-])C(c2ccc(CCCC)cc2)=C1. The highest BCUT2D eigenvalue weighted by molar-refractivity contribution is 5.78. The van der Waals surface area contributed by atoms with E-state index in [0.717, 1.165) is 48.2 Å². The Hall–Kier alpha value is -2.48. The van der Waals surface area contributed by atoms with Crippen molar-refractivity contribution in [3.63, 3.8) is 0 Å². The lowest BCUT2D eigenvalue weighted by Crippen LogP contribution is -2.02. The van der Waals surface area contributed by atoms with Crippen molar-refractivity contribution in [3.05, 3.63) is 88.0 Å². The first kappa shape index (κ1) is 23.2. The van der Waals surface area contributed by atoms with Crippen LogP contribution in [0.4, 0.5) is 0 Å². The average molecular weight is 415 g/mol. The average Bonchev–Trinajstić information content (AvgIpc) is 3.13. The molecule has 0 saturated heterocycles. The van der Waals surface area contributed by atoms with Crippen molar-refractivity contribution in [2.45, 2.75) is 85.0 Å². The summed E-state index contributed by atoms with van der Waals surface area (Å²) in [6, 6.07) is 17.5. The van der Waals surface area contributed by atoms with Crippen molar-refractivity contribution < 1.29 is 4.70 Å². The van der Waals surface area contributed by atoms with Gasteiger partial charge in [0.15, 0.2) is 0 Å². The lowest BCUT2D eigenvalue weighted by atomic mass is 10.00. The fourth-order valence-electron chi connectivity index (χ4n) is 4.25. The maximum atomic E-state index is 11.2. The normalized spacial score (nSPS) is 13.8. The molecule has 2 heteroatoms. The molecule has 2 nitrogen and oxygen atoms in total. The smallest absolute Gasteiger partial charge is 0.210 e. The Morgan fingerprint density at radius 1 is 0.613 bits per heavy atom. The molecule has 0 amide bonds. The first-order valence-corrected chi connectivity index (χ1v) is 12.3. The summed E-state index contributed by atoms with van der Waals surface area (Å²) in [5, 5.41) is 0. The van der Waals surface area contributed by atoms with Gasteiger partial charge in [-0.25, -0.2) is 4.70 Å². The predicted molar refractivity (Wildman–Crippen MR) is 133 cm³/mol. The molecular formula is C29H38N2. The molecule has 3 rings (SSSR count). The number of hydrogen-bond donors (Lipinski definition) is 0. The highest BCUT2D eigenvalue weighted by Crippen LogP contribution is 2.37. The molecule has 0 radical (unpaired) electrons. The number of aryl methyl sites for hydroxylation is 2. The van der Waals surface area contributed by atoms with Crippen LogP contribution in [0, 0.1) is 0 Å². The number of benzene rings is 2. The van der Waals surface area contributed by atoms with E-state index in [2.05, 4.69) is 75.4 Å². The zero-order valence-electron chi connectivity index (χ0n) is 19.7. The predicted octanol–water partition coefficient (Wildman–Crippen LogP) is 8.75. The molecule has 2 aromatic carbocycles. The van der Waals surface area contributed by atoms with E-state index in [1.807, 2.05) is 0 Å². The molecule has 0 atom stereocenters. The number of allylic oxidation sites excluding steroid dienone is 2. The van der Waals surface area contributed by atoms with Gasteiger partial charge in [-0.1, -0.05) is 70.7 Å². The van der Waals surface area contributed by atoms with Gasteiger partial charge >= 0.3 is 0 Å². The van der Waals surface area contributed by atoms with Crippen molar-refractivity contribution in [2.75, 3.05) is 0 Å². The zero-order valence-corrected chi connectivity index (χ0v) is 19.7. The third kappa shape index (κ3) is 6.03. The number of unbranched alkanes of at least 4 members (excludes halogenated alkanes) is 4. The van der Waals surface area contributed by atoms with Crippen LogP contribution in [-0.2, 0) is 12.8 Å². The summed E-state index contributed by atoms with van der Waals surface area (Å²) in [5.41, 5.74) is 19.2. The second kappa shape index (κ2) is 11.8. The highest BCUT2D eigenvalue weighted by Gasteiger charge is 2.28. The molecule has 0 saturated carbocycles. The molecule has 0 aliphatic carbocycles. The van der Waals surface area contributed by atoms with Crippen molar-refractivity contribution >= 4 is 11.4 Å². The fraction of sp³-hybridized carbons (Fsp3) is 0.448. The molecular weight excluding hydrogens is 376 g/mol. The first-order chi connectivity index (χ1) is 15.2. The van der Waals surface area contributed by atoms with Crippen molar-refractivity contribution in [2.24, 2.45) is 0 Å². The Kier molecular flexibility index (Phi) is 8.82. The van der Waals surface area contributed by atoms with E-state index in [4.69, 9.17) is 0 Å². The van der Waals surface area contributed by atoms with Gasteiger partial charge in [0, 0.05) is 22.8 Å². The van der Waals surface area contributed by atoms with Crippen LogP contribution in [0.15, 0.2) is 60.2 Å². The maximum Gasteiger partial charge on any atom is 0.210 e. The molecule has 1 aliphatic rings. The van der Waals surface area contributed by atoms with Crippen LogP contribution in [0.3, 0.4) is 0 Å². The van der Waals surface area contributed by atoms with Gasteiger partial charge in [-0.3, -0.25) is 0 Å². The third-order valence-corrected chi connectivity index (χ3v) is 6.22. The lowest BCUT2D eigenvalue weighted by Gasteiger charge is -2.11. The van der Waals surface area contributed by atoms with Gasteiger partial charge in [-0.15, -0.1) is 0 Å². The van der Waals surface area contributed by atoms with Gasteiger partial charge in [0.05, 0.1) is 0 Å². The number of nitrogens with zero attached hydrogens (tertiary/aromatic N) is 2. The van der Waals surface area contributed by atoms with Crippen LogP contribution < -0.4 is 0 Å². The van der Waals surface area contributed by atoms with E-state index in [-0.39, 0.29) is 0 Å². The molecule has 0 unspecified atom stereocenters. The quantitative estimate of drug-likeness (QED) is 0.245. The standard InChI is InChI=1S/C29H38N2/c1-4-7-10-13-27-22-28(25-18-14-23(15-19-25)11-8-5-2)31(30)29(27)26-20-16-24(17-21-26)12-9-6-3/h14-22H,4-13H2,1-3H3. The minimum Gasteiger partial charge on any atom is -0.493 e. The van der Waals surface area contributed by atoms with Crippen LogP contribution >= 0.6 is 0 Å².